The zero-order valence-corrected chi connectivity index (χ0v) is 10.6. The van der Waals surface area contributed by atoms with Crippen molar-refractivity contribution in [1.82, 2.24) is 0 Å². The molecule has 0 aliphatic rings. The van der Waals surface area contributed by atoms with E-state index in [1.165, 1.54) is 12.8 Å². The summed E-state index contributed by atoms with van der Waals surface area (Å²) in [5.41, 5.74) is 2.25. The molecule has 1 aromatic carbocycles. The van der Waals surface area contributed by atoms with Gasteiger partial charge < -0.3 is 5.32 Å². The van der Waals surface area contributed by atoms with Crippen molar-refractivity contribution in [2.24, 2.45) is 5.92 Å². The van der Waals surface area contributed by atoms with Gasteiger partial charge in [-0.25, -0.2) is 0 Å². The van der Waals surface area contributed by atoms with Gasteiger partial charge in [-0.05, 0) is 37.0 Å². The Kier molecular flexibility index (Phi) is 4.97. The summed E-state index contributed by atoms with van der Waals surface area (Å²) in [6.45, 7) is 7.53. The maximum atomic E-state index is 6.05. The van der Waals surface area contributed by atoms with Crippen LogP contribution in [0.15, 0.2) is 18.2 Å². The fourth-order valence-electron chi connectivity index (χ4n) is 1.59. The lowest BCUT2D eigenvalue weighted by Crippen LogP contribution is -2.10. The van der Waals surface area contributed by atoms with Crippen LogP contribution in [0, 0.1) is 12.8 Å². The first-order valence-electron chi connectivity index (χ1n) is 5.63. The Morgan fingerprint density at radius 1 is 1.40 bits per heavy atom. The van der Waals surface area contributed by atoms with E-state index in [4.69, 9.17) is 11.6 Å². The van der Waals surface area contributed by atoms with E-state index in [2.05, 4.69) is 31.3 Å². The molecule has 0 aliphatic carbocycles. The Morgan fingerprint density at radius 3 is 2.73 bits per heavy atom. The number of nitrogens with one attached hydrogen (secondary N) is 1. The van der Waals surface area contributed by atoms with Gasteiger partial charge in [-0.3, -0.25) is 0 Å². The Bertz CT molecular complexity index is 309. The normalized spacial score (nSPS) is 12.5. The van der Waals surface area contributed by atoms with Crippen LogP contribution in [0.25, 0.3) is 0 Å². The maximum absolute atomic E-state index is 6.05. The Hall–Kier alpha value is -0.690. The Balaban J connectivity index is 2.47. The van der Waals surface area contributed by atoms with Gasteiger partial charge in [0.1, 0.15) is 0 Å². The van der Waals surface area contributed by atoms with Crippen molar-refractivity contribution in [2.45, 2.75) is 33.6 Å². The van der Waals surface area contributed by atoms with Gasteiger partial charge in [0.05, 0.1) is 0 Å². The van der Waals surface area contributed by atoms with Crippen molar-refractivity contribution < 1.29 is 0 Å². The van der Waals surface area contributed by atoms with E-state index in [-0.39, 0.29) is 0 Å². The van der Waals surface area contributed by atoms with Crippen molar-refractivity contribution in [3.8, 4) is 0 Å². The number of hydrogen-bond acceptors (Lipinski definition) is 1. The molecule has 84 valence electrons. The van der Waals surface area contributed by atoms with Gasteiger partial charge in [0.2, 0.25) is 0 Å². The average molecular weight is 226 g/mol. The highest BCUT2D eigenvalue weighted by molar-refractivity contribution is 6.31. The van der Waals surface area contributed by atoms with Gasteiger partial charge in [0, 0.05) is 17.3 Å². The highest BCUT2D eigenvalue weighted by Crippen LogP contribution is 2.20. The van der Waals surface area contributed by atoms with E-state index < -0.39 is 0 Å². The lowest BCUT2D eigenvalue weighted by molar-refractivity contribution is 0.551. The molecule has 1 N–H and O–H groups in total. The summed E-state index contributed by atoms with van der Waals surface area (Å²) in [5, 5.41) is 4.25. The first kappa shape index (κ1) is 12.4. The molecule has 0 amide bonds. The van der Waals surface area contributed by atoms with E-state index >= 15 is 0 Å². The van der Waals surface area contributed by atoms with Crippen LogP contribution in [-0.4, -0.2) is 6.54 Å². The number of anilines is 1. The quantitative estimate of drug-likeness (QED) is 0.778. The minimum Gasteiger partial charge on any atom is -0.385 e. The van der Waals surface area contributed by atoms with Crippen LogP contribution >= 0.6 is 11.6 Å². The van der Waals surface area contributed by atoms with Crippen LogP contribution in [0.4, 0.5) is 5.69 Å². The van der Waals surface area contributed by atoms with Crippen molar-refractivity contribution >= 4 is 17.3 Å². The Morgan fingerprint density at radius 2 is 2.13 bits per heavy atom. The number of rotatable bonds is 5. The SMILES string of the molecule is CCCC(C)CNc1ccc(C)c(Cl)c1. The van der Waals surface area contributed by atoms with E-state index in [1.807, 2.05) is 13.0 Å². The first-order chi connectivity index (χ1) is 7.13. The van der Waals surface area contributed by atoms with Crippen LogP contribution in [-0.2, 0) is 0 Å². The topological polar surface area (TPSA) is 12.0 Å². The monoisotopic (exact) mass is 225 g/mol. The molecule has 0 radical (unpaired) electrons. The second-order valence-electron chi connectivity index (χ2n) is 4.24. The number of hydrogen-bond donors (Lipinski definition) is 1. The zero-order chi connectivity index (χ0) is 11.3. The highest BCUT2D eigenvalue weighted by atomic mass is 35.5. The summed E-state index contributed by atoms with van der Waals surface area (Å²) < 4.78 is 0. The molecule has 0 heterocycles. The van der Waals surface area contributed by atoms with Crippen LogP contribution in [0.1, 0.15) is 32.3 Å². The van der Waals surface area contributed by atoms with Crippen molar-refractivity contribution in [3.05, 3.63) is 28.8 Å². The average Bonchev–Trinajstić information content (AvgIpc) is 2.20. The molecule has 0 saturated heterocycles. The fourth-order valence-corrected chi connectivity index (χ4v) is 1.77. The molecule has 15 heavy (non-hydrogen) atoms. The van der Waals surface area contributed by atoms with Crippen LogP contribution in [0.5, 0.6) is 0 Å². The molecule has 0 aromatic heterocycles. The van der Waals surface area contributed by atoms with Crippen molar-refractivity contribution in [1.29, 1.82) is 0 Å². The smallest absolute Gasteiger partial charge is 0.0455 e. The maximum Gasteiger partial charge on any atom is 0.0455 e. The van der Waals surface area contributed by atoms with Gasteiger partial charge in [0.25, 0.3) is 0 Å². The van der Waals surface area contributed by atoms with Crippen LogP contribution in [0.3, 0.4) is 0 Å². The van der Waals surface area contributed by atoms with Gasteiger partial charge in [-0.1, -0.05) is 37.9 Å². The standard InChI is InChI=1S/C13H20ClN/c1-4-5-10(2)9-15-12-7-6-11(3)13(14)8-12/h6-8,10,15H,4-5,9H2,1-3H3. The second kappa shape index (κ2) is 6.02. The van der Waals surface area contributed by atoms with Crippen molar-refractivity contribution in [3.63, 3.8) is 0 Å². The lowest BCUT2D eigenvalue weighted by Gasteiger charge is -2.13. The third-order valence-corrected chi connectivity index (χ3v) is 3.02. The molecule has 1 atom stereocenters. The molecule has 0 spiro atoms. The number of benzene rings is 1. The minimum absolute atomic E-state index is 0.718. The summed E-state index contributed by atoms with van der Waals surface area (Å²) in [6.07, 6.45) is 2.52. The van der Waals surface area contributed by atoms with E-state index in [0.29, 0.717) is 0 Å². The van der Waals surface area contributed by atoms with Crippen LogP contribution < -0.4 is 5.32 Å². The molecule has 0 fully saturated rings. The summed E-state index contributed by atoms with van der Waals surface area (Å²) >= 11 is 6.05. The second-order valence-corrected chi connectivity index (χ2v) is 4.65. The molecule has 1 unspecified atom stereocenters. The number of halogens is 1. The Labute approximate surface area is 97.8 Å². The lowest BCUT2D eigenvalue weighted by atomic mass is 10.1. The molecule has 2 heteroatoms. The molecule has 1 rings (SSSR count). The van der Waals surface area contributed by atoms with Gasteiger partial charge >= 0.3 is 0 Å². The van der Waals surface area contributed by atoms with Gasteiger partial charge in [0.15, 0.2) is 0 Å². The molecular formula is C13H20ClN. The third-order valence-electron chi connectivity index (χ3n) is 2.61. The molecular weight excluding hydrogens is 206 g/mol. The van der Waals surface area contributed by atoms with E-state index in [1.54, 1.807) is 0 Å². The highest BCUT2D eigenvalue weighted by Gasteiger charge is 2.01. The molecule has 1 aromatic rings. The minimum atomic E-state index is 0.718. The zero-order valence-electron chi connectivity index (χ0n) is 9.81. The molecule has 0 aliphatic heterocycles. The fraction of sp³-hybridized carbons (Fsp3) is 0.538. The molecule has 0 saturated carbocycles. The summed E-state index contributed by atoms with van der Waals surface area (Å²) in [4.78, 5) is 0. The van der Waals surface area contributed by atoms with E-state index in [0.717, 1.165) is 28.7 Å². The van der Waals surface area contributed by atoms with Gasteiger partial charge in [-0.15, -0.1) is 0 Å². The summed E-state index contributed by atoms with van der Waals surface area (Å²) in [7, 11) is 0. The third kappa shape index (κ3) is 4.13. The predicted molar refractivity (Wildman–Crippen MR) is 68.8 cm³/mol. The predicted octanol–water partition coefficient (Wildman–Crippen LogP) is 4.50. The largest absolute Gasteiger partial charge is 0.385 e. The molecule has 0 bridgehead atoms. The first-order valence-corrected chi connectivity index (χ1v) is 6.01. The molecule has 1 nitrogen and oxygen atoms in total. The van der Waals surface area contributed by atoms with E-state index in [9.17, 15) is 0 Å². The summed E-state index contributed by atoms with van der Waals surface area (Å²) in [6, 6.07) is 6.13. The summed E-state index contributed by atoms with van der Waals surface area (Å²) in [5.74, 6) is 0.718. The number of aryl methyl sites for hydroxylation is 1. The van der Waals surface area contributed by atoms with Crippen molar-refractivity contribution in [2.75, 3.05) is 11.9 Å². The van der Waals surface area contributed by atoms with Gasteiger partial charge in [-0.2, -0.15) is 0 Å². The van der Waals surface area contributed by atoms with Crippen LogP contribution in [0.2, 0.25) is 5.02 Å².